The molecule has 1 amide bonds. The lowest BCUT2D eigenvalue weighted by molar-refractivity contribution is -0.130. The predicted octanol–water partition coefficient (Wildman–Crippen LogP) is 1.63. The molecule has 16 heavy (non-hydrogen) atoms. The summed E-state index contributed by atoms with van der Waals surface area (Å²) >= 11 is 0. The molecule has 0 spiro atoms. The first-order valence-electron chi connectivity index (χ1n) is 6.55. The minimum absolute atomic E-state index is 0.281. The summed E-state index contributed by atoms with van der Waals surface area (Å²) in [6, 6.07) is 0.552. The zero-order chi connectivity index (χ0) is 11.8. The molecule has 2 fully saturated rings. The van der Waals surface area contributed by atoms with Gasteiger partial charge in [0.15, 0.2) is 0 Å². The molecular formula is C13H24N2O. The van der Waals surface area contributed by atoms with E-state index in [0.29, 0.717) is 18.0 Å². The Morgan fingerprint density at radius 1 is 1.44 bits per heavy atom. The largest absolute Gasteiger partial charge is 0.339 e. The predicted molar refractivity (Wildman–Crippen MR) is 65.2 cm³/mol. The van der Waals surface area contributed by atoms with Gasteiger partial charge in [-0.05, 0) is 44.1 Å². The van der Waals surface area contributed by atoms with E-state index in [4.69, 9.17) is 0 Å². The Bertz CT molecular complexity index is 271. The number of carbonyl (C=O) groups is 1. The maximum absolute atomic E-state index is 11.9. The molecule has 2 rings (SSSR count). The minimum atomic E-state index is 0.281. The fourth-order valence-corrected chi connectivity index (χ4v) is 2.40. The van der Waals surface area contributed by atoms with Crippen LogP contribution in [0.1, 0.15) is 40.0 Å². The summed E-state index contributed by atoms with van der Waals surface area (Å²) in [6.07, 6.45) is 3.71. The second kappa shape index (κ2) is 4.36. The van der Waals surface area contributed by atoms with E-state index in [2.05, 4.69) is 26.1 Å². The molecule has 0 heterocycles. The summed E-state index contributed by atoms with van der Waals surface area (Å²) in [5.74, 6) is 1.06. The Hall–Kier alpha value is -0.570. The van der Waals surface area contributed by atoms with Crippen molar-refractivity contribution in [2.24, 2.45) is 11.3 Å². The van der Waals surface area contributed by atoms with Crippen LogP contribution in [0.2, 0.25) is 0 Å². The maximum atomic E-state index is 11.9. The van der Waals surface area contributed by atoms with Crippen molar-refractivity contribution in [1.82, 2.24) is 10.2 Å². The first kappa shape index (κ1) is 11.9. The molecule has 92 valence electrons. The van der Waals surface area contributed by atoms with Crippen molar-refractivity contribution >= 4 is 5.91 Å². The topological polar surface area (TPSA) is 32.3 Å². The van der Waals surface area contributed by atoms with E-state index in [0.717, 1.165) is 19.0 Å². The molecule has 1 N–H and O–H groups in total. The van der Waals surface area contributed by atoms with Gasteiger partial charge in [0.1, 0.15) is 0 Å². The Morgan fingerprint density at radius 3 is 2.50 bits per heavy atom. The molecule has 0 aromatic carbocycles. The summed E-state index contributed by atoms with van der Waals surface area (Å²) in [6.45, 7) is 9.05. The third-order valence-electron chi connectivity index (χ3n) is 4.03. The third-order valence-corrected chi connectivity index (χ3v) is 4.03. The molecule has 0 aromatic heterocycles. The highest BCUT2D eigenvalue weighted by molar-refractivity contribution is 5.78. The number of amides is 1. The van der Waals surface area contributed by atoms with E-state index < -0.39 is 0 Å². The van der Waals surface area contributed by atoms with Crippen molar-refractivity contribution < 1.29 is 4.79 Å². The van der Waals surface area contributed by atoms with Gasteiger partial charge in [-0.15, -0.1) is 0 Å². The summed E-state index contributed by atoms with van der Waals surface area (Å²) in [5, 5.41) is 3.31. The van der Waals surface area contributed by atoms with Gasteiger partial charge in [0, 0.05) is 12.6 Å². The van der Waals surface area contributed by atoms with Gasteiger partial charge < -0.3 is 10.2 Å². The van der Waals surface area contributed by atoms with Gasteiger partial charge in [-0.1, -0.05) is 13.8 Å². The summed E-state index contributed by atoms with van der Waals surface area (Å²) in [4.78, 5) is 13.9. The van der Waals surface area contributed by atoms with Crippen molar-refractivity contribution in [3.63, 3.8) is 0 Å². The lowest BCUT2D eigenvalue weighted by Crippen LogP contribution is -2.40. The molecule has 2 saturated carbocycles. The Kier molecular flexibility index (Phi) is 3.24. The van der Waals surface area contributed by atoms with Crippen LogP contribution in [0.5, 0.6) is 0 Å². The highest BCUT2D eigenvalue weighted by Crippen LogP contribution is 2.50. The molecule has 2 aliphatic rings. The van der Waals surface area contributed by atoms with E-state index in [1.165, 1.54) is 19.3 Å². The standard InChI is InChI=1S/C13H24N2O/c1-4-15(11-5-6-11)12(16)9-14-8-10-7-13(10,2)3/h10-11,14H,4-9H2,1-3H3. The number of carbonyl (C=O) groups excluding carboxylic acids is 1. The molecule has 1 unspecified atom stereocenters. The van der Waals surface area contributed by atoms with Crippen LogP contribution in [0.4, 0.5) is 0 Å². The molecular weight excluding hydrogens is 200 g/mol. The van der Waals surface area contributed by atoms with Gasteiger partial charge in [0.05, 0.1) is 6.54 Å². The number of hydrogen-bond acceptors (Lipinski definition) is 2. The van der Waals surface area contributed by atoms with E-state index in [9.17, 15) is 4.79 Å². The van der Waals surface area contributed by atoms with Crippen LogP contribution < -0.4 is 5.32 Å². The van der Waals surface area contributed by atoms with Gasteiger partial charge in [0.25, 0.3) is 0 Å². The first-order valence-corrected chi connectivity index (χ1v) is 6.55. The van der Waals surface area contributed by atoms with Gasteiger partial charge >= 0.3 is 0 Å². The zero-order valence-corrected chi connectivity index (χ0v) is 10.8. The van der Waals surface area contributed by atoms with Crippen LogP contribution >= 0.6 is 0 Å². The monoisotopic (exact) mass is 224 g/mol. The van der Waals surface area contributed by atoms with E-state index >= 15 is 0 Å². The number of nitrogens with zero attached hydrogens (tertiary/aromatic N) is 1. The van der Waals surface area contributed by atoms with Crippen molar-refractivity contribution in [2.45, 2.75) is 46.1 Å². The number of nitrogens with one attached hydrogen (secondary N) is 1. The third kappa shape index (κ3) is 2.76. The number of hydrogen-bond donors (Lipinski definition) is 1. The van der Waals surface area contributed by atoms with Crippen LogP contribution in [-0.2, 0) is 4.79 Å². The molecule has 0 aromatic rings. The van der Waals surface area contributed by atoms with Crippen molar-refractivity contribution in [3.05, 3.63) is 0 Å². The molecule has 0 aliphatic heterocycles. The van der Waals surface area contributed by atoms with Gasteiger partial charge in [-0.2, -0.15) is 0 Å². The Labute approximate surface area is 98.6 Å². The molecule has 3 heteroatoms. The summed E-state index contributed by atoms with van der Waals surface area (Å²) in [7, 11) is 0. The van der Waals surface area contributed by atoms with Gasteiger partial charge in [-0.25, -0.2) is 0 Å². The fraction of sp³-hybridized carbons (Fsp3) is 0.923. The molecule has 0 bridgehead atoms. The lowest BCUT2D eigenvalue weighted by atomic mass is 10.1. The number of rotatable bonds is 6. The summed E-state index contributed by atoms with van der Waals surface area (Å²) in [5.41, 5.74) is 0.511. The molecule has 0 saturated heterocycles. The molecule has 2 aliphatic carbocycles. The smallest absolute Gasteiger partial charge is 0.236 e. The maximum Gasteiger partial charge on any atom is 0.236 e. The summed E-state index contributed by atoms with van der Waals surface area (Å²) < 4.78 is 0. The second-order valence-corrected chi connectivity index (χ2v) is 5.93. The fourth-order valence-electron chi connectivity index (χ4n) is 2.40. The van der Waals surface area contributed by atoms with E-state index in [1.54, 1.807) is 0 Å². The highest BCUT2D eigenvalue weighted by atomic mass is 16.2. The van der Waals surface area contributed by atoms with Crippen LogP contribution in [0.3, 0.4) is 0 Å². The molecule has 0 radical (unpaired) electrons. The van der Waals surface area contributed by atoms with Crippen LogP contribution in [0.25, 0.3) is 0 Å². The average Bonchev–Trinajstić information content (AvgIpc) is 3.08. The Balaban J connectivity index is 1.63. The van der Waals surface area contributed by atoms with Crippen molar-refractivity contribution in [3.8, 4) is 0 Å². The van der Waals surface area contributed by atoms with Crippen LogP contribution in [-0.4, -0.2) is 36.5 Å². The highest BCUT2D eigenvalue weighted by Gasteiger charge is 2.44. The second-order valence-electron chi connectivity index (χ2n) is 5.93. The van der Waals surface area contributed by atoms with Crippen molar-refractivity contribution in [1.29, 1.82) is 0 Å². The van der Waals surface area contributed by atoms with Crippen LogP contribution in [0, 0.1) is 11.3 Å². The Morgan fingerprint density at radius 2 is 2.06 bits per heavy atom. The van der Waals surface area contributed by atoms with Gasteiger partial charge in [-0.3, -0.25) is 4.79 Å². The molecule has 3 nitrogen and oxygen atoms in total. The normalized spacial score (nSPS) is 26.6. The zero-order valence-electron chi connectivity index (χ0n) is 10.8. The first-order chi connectivity index (χ1) is 7.54. The van der Waals surface area contributed by atoms with E-state index in [1.807, 2.05) is 4.90 Å². The van der Waals surface area contributed by atoms with E-state index in [-0.39, 0.29) is 5.91 Å². The minimum Gasteiger partial charge on any atom is -0.339 e. The average molecular weight is 224 g/mol. The van der Waals surface area contributed by atoms with Gasteiger partial charge in [0.2, 0.25) is 5.91 Å². The van der Waals surface area contributed by atoms with Crippen molar-refractivity contribution in [2.75, 3.05) is 19.6 Å². The van der Waals surface area contributed by atoms with Crippen LogP contribution in [0.15, 0.2) is 0 Å². The quantitative estimate of drug-likeness (QED) is 0.744. The SMILES string of the molecule is CCN(C(=O)CNCC1CC1(C)C)C1CC1. The molecule has 1 atom stereocenters. The lowest BCUT2D eigenvalue weighted by Gasteiger charge is -2.20. The number of likely N-dealkylation sites (N-methyl/N-ethyl adjacent to an activating group) is 1.